The molecule has 0 spiro atoms. The molecule has 0 radical (unpaired) electrons. The molecular weight excluding hydrogens is 216 g/mol. The van der Waals surface area contributed by atoms with Crippen LogP contribution in [0.5, 0.6) is 11.5 Å². The van der Waals surface area contributed by atoms with Crippen LogP contribution in [-0.2, 0) is 11.2 Å². The van der Waals surface area contributed by atoms with Gasteiger partial charge in [-0.1, -0.05) is 12.1 Å². The van der Waals surface area contributed by atoms with E-state index in [1.54, 1.807) is 12.1 Å². The molecule has 0 bridgehead atoms. The lowest BCUT2D eigenvalue weighted by Crippen LogP contribution is -2.15. The molecule has 0 aromatic heterocycles. The Labute approximate surface area is 99.0 Å². The zero-order valence-electron chi connectivity index (χ0n) is 9.27. The van der Waals surface area contributed by atoms with Crippen molar-refractivity contribution in [3.05, 3.63) is 46.7 Å². The van der Waals surface area contributed by atoms with Gasteiger partial charge >= 0.3 is 0 Å². The van der Waals surface area contributed by atoms with Crippen molar-refractivity contribution in [1.29, 1.82) is 0 Å². The third-order valence-electron chi connectivity index (χ3n) is 3.17. The van der Waals surface area contributed by atoms with Gasteiger partial charge in [0, 0.05) is 18.1 Å². The molecule has 1 aliphatic carbocycles. The average molecular weight is 228 g/mol. The zero-order valence-corrected chi connectivity index (χ0v) is 9.27. The van der Waals surface area contributed by atoms with Gasteiger partial charge in [0.15, 0.2) is 0 Å². The Balaban J connectivity index is 2.11. The van der Waals surface area contributed by atoms with Crippen LogP contribution >= 0.6 is 0 Å². The van der Waals surface area contributed by atoms with Crippen molar-refractivity contribution in [2.45, 2.75) is 19.3 Å². The van der Waals surface area contributed by atoms with Gasteiger partial charge in [-0.25, -0.2) is 0 Å². The van der Waals surface area contributed by atoms with E-state index in [0.717, 1.165) is 42.3 Å². The van der Waals surface area contributed by atoms with Gasteiger partial charge in [0.1, 0.15) is 23.5 Å². The van der Waals surface area contributed by atoms with E-state index < -0.39 is 0 Å². The van der Waals surface area contributed by atoms with Crippen LogP contribution in [0.4, 0.5) is 0 Å². The van der Waals surface area contributed by atoms with Crippen molar-refractivity contribution in [2.75, 3.05) is 0 Å². The number of phenolic OH excluding ortho intramolecular Hbond substituents is 1. The molecule has 86 valence electrons. The lowest BCUT2D eigenvalue weighted by Gasteiger charge is -2.26. The highest BCUT2D eigenvalue weighted by molar-refractivity contribution is 5.77. The van der Waals surface area contributed by atoms with Crippen LogP contribution < -0.4 is 4.74 Å². The minimum Gasteiger partial charge on any atom is -0.508 e. The summed E-state index contributed by atoms with van der Waals surface area (Å²) in [6.07, 6.45) is 5.39. The molecule has 0 fully saturated rings. The second kappa shape index (κ2) is 3.77. The number of rotatable bonds is 1. The van der Waals surface area contributed by atoms with Gasteiger partial charge in [-0.2, -0.15) is 0 Å². The van der Waals surface area contributed by atoms with Crippen molar-refractivity contribution in [3.63, 3.8) is 0 Å². The number of ether oxygens (including phenoxy) is 1. The maximum Gasteiger partial charge on any atom is 0.149 e. The van der Waals surface area contributed by atoms with Crippen LogP contribution in [-0.4, -0.2) is 11.4 Å². The summed E-state index contributed by atoms with van der Waals surface area (Å²) in [5, 5.41) is 9.43. The van der Waals surface area contributed by atoms with Gasteiger partial charge in [-0.3, -0.25) is 4.79 Å². The molecule has 17 heavy (non-hydrogen) atoms. The number of phenols is 1. The Bertz CT molecular complexity index is 553. The molecule has 0 saturated carbocycles. The van der Waals surface area contributed by atoms with E-state index in [-0.39, 0.29) is 5.75 Å². The molecule has 1 aliphatic heterocycles. The number of aromatic hydroxyl groups is 1. The normalized spacial score (nSPS) is 17.8. The Morgan fingerprint density at radius 2 is 2.24 bits per heavy atom. The van der Waals surface area contributed by atoms with E-state index in [2.05, 4.69) is 6.08 Å². The molecule has 3 nitrogen and oxygen atoms in total. The third kappa shape index (κ3) is 1.64. The highest BCUT2D eigenvalue weighted by atomic mass is 16.5. The second-order valence-corrected chi connectivity index (χ2v) is 4.31. The molecule has 0 atom stereocenters. The van der Waals surface area contributed by atoms with Crippen molar-refractivity contribution in [3.8, 4) is 11.5 Å². The Kier molecular flexibility index (Phi) is 2.25. The molecule has 3 heteroatoms. The van der Waals surface area contributed by atoms with Gasteiger partial charge in [0.2, 0.25) is 0 Å². The van der Waals surface area contributed by atoms with Gasteiger partial charge in [0.05, 0.1) is 0 Å². The molecule has 2 aliphatic rings. The number of fused-ring (bicyclic) bond motifs is 2. The summed E-state index contributed by atoms with van der Waals surface area (Å²) < 4.78 is 5.74. The number of allylic oxidation sites excluding steroid dienone is 3. The monoisotopic (exact) mass is 228 g/mol. The fraction of sp³-hybridized carbons (Fsp3) is 0.214. The molecule has 1 aromatic rings. The summed E-state index contributed by atoms with van der Waals surface area (Å²) >= 11 is 0. The first-order valence-electron chi connectivity index (χ1n) is 5.65. The van der Waals surface area contributed by atoms with Gasteiger partial charge in [-0.15, -0.1) is 0 Å². The van der Waals surface area contributed by atoms with E-state index in [9.17, 15) is 9.90 Å². The van der Waals surface area contributed by atoms with Gasteiger partial charge in [-0.05, 0) is 30.0 Å². The van der Waals surface area contributed by atoms with Gasteiger partial charge < -0.3 is 9.84 Å². The van der Waals surface area contributed by atoms with Gasteiger partial charge in [0.25, 0.3) is 0 Å². The fourth-order valence-corrected chi connectivity index (χ4v) is 2.31. The van der Waals surface area contributed by atoms with Crippen LogP contribution in [0, 0.1) is 0 Å². The summed E-state index contributed by atoms with van der Waals surface area (Å²) in [7, 11) is 0. The predicted octanol–water partition coefficient (Wildman–Crippen LogP) is 2.50. The summed E-state index contributed by atoms with van der Waals surface area (Å²) in [4.78, 5) is 11.0. The lowest BCUT2D eigenvalue weighted by atomic mass is 9.91. The van der Waals surface area contributed by atoms with E-state index in [4.69, 9.17) is 4.74 Å². The maximum atomic E-state index is 11.0. The van der Waals surface area contributed by atoms with Crippen LogP contribution in [0.15, 0.2) is 41.2 Å². The Hall–Kier alpha value is -2.03. The van der Waals surface area contributed by atoms with Crippen LogP contribution in [0.25, 0.3) is 0 Å². The molecule has 0 unspecified atom stereocenters. The van der Waals surface area contributed by atoms with E-state index in [1.165, 1.54) is 0 Å². The standard InChI is InChI=1S/C14H12O3/c15-8-11-3-1-2-10-6-9-4-5-12(16)7-13(9)17-14(10)11/h2,4-5,7-8,16H,1,3,6H2. The minimum absolute atomic E-state index is 0.181. The van der Waals surface area contributed by atoms with Crippen LogP contribution in [0.3, 0.4) is 0 Å². The first-order valence-corrected chi connectivity index (χ1v) is 5.65. The lowest BCUT2D eigenvalue weighted by molar-refractivity contribution is -0.105. The smallest absolute Gasteiger partial charge is 0.149 e. The molecular formula is C14H12O3. The molecule has 1 aromatic carbocycles. The average Bonchev–Trinajstić information content (AvgIpc) is 2.35. The van der Waals surface area contributed by atoms with Crippen LogP contribution in [0.1, 0.15) is 18.4 Å². The number of carbonyl (C=O) groups excluding carboxylic acids is 1. The summed E-state index contributed by atoms with van der Waals surface area (Å²) in [6.45, 7) is 0. The largest absolute Gasteiger partial charge is 0.508 e. The number of hydrogen-bond acceptors (Lipinski definition) is 3. The highest BCUT2D eigenvalue weighted by Gasteiger charge is 2.24. The van der Waals surface area contributed by atoms with E-state index >= 15 is 0 Å². The minimum atomic E-state index is 0.181. The Morgan fingerprint density at radius 3 is 3.06 bits per heavy atom. The van der Waals surface area contributed by atoms with Crippen molar-refractivity contribution < 1.29 is 14.6 Å². The SMILES string of the molecule is O=CC1=C2Oc3cc(O)ccc3CC2=CCC1. The quantitative estimate of drug-likeness (QED) is 0.751. The number of carbonyl (C=O) groups is 1. The molecule has 0 amide bonds. The topological polar surface area (TPSA) is 46.5 Å². The van der Waals surface area contributed by atoms with Crippen LogP contribution in [0.2, 0.25) is 0 Å². The summed E-state index contributed by atoms with van der Waals surface area (Å²) in [5.74, 6) is 1.52. The van der Waals surface area contributed by atoms with Crippen molar-refractivity contribution in [2.24, 2.45) is 0 Å². The molecule has 1 N–H and O–H groups in total. The van der Waals surface area contributed by atoms with E-state index in [1.807, 2.05) is 6.07 Å². The first kappa shape index (κ1) is 10.1. The van der Waals surface area contributed by atoms with Crippen molar-refractivity contribution >= 4 is 6.29 Å². The third-order valence-corrected chi connectivity index (χ3v) is 3.17. The fourth-order valence-electron chi connectivity index (χ4n) is 2.31. The predicted molar refractivity (Wildman–Crippen MR) is 62.8 cm³/mol. The molecule has 0 saturated heterocycles. The van der Waals surface area contributed by atoms with Crippen molar-refractivity contribution in [1.82, 2.24) is 0 Å². The molecule has 1 heterocycles. The number of hydrogen-bond donors (Lipinski definition) is 1. The number of benzene rings is 1. The zero-order chi connectivity index (χ0) is 11.8. The second-order valence-electron chi connectivity index (χ2n) is 4.31. The summed E-state index contributed by atoms with van der Waals surface area (Å²) in [6, 6.07) is 5.11. The summed E-state index contributed by atoms with van der Waals surface area (Å²) in [5.41, 5.74) is 2.85. The van der Waals surface area contributed by atoms with E-state index in [0.29, 0.717) is 11.5 Å². The highest BCUT2D eigenvalue weighted by Crippen LogP contribution is 2.38. The maximum absolute atomic E-state index is 11.0. The Morgan fingerprint density at radius 1 is 1.35 bits per heavy atom. The first-order chi connectivity index (χ1) is 8.28. The molecule has 3 rings (SSSR count). The number of aldehydes is 1.